The standard InChI is InChI=1S/C14H17Cl2N2O3PS/c1-3-20-22(19,21-4-2)14(10-5-6-23-9-10)18-13-12(16)7-11(15)8-17-13/h5-9,14H,3-4H2,1-2H3,(H,17,18). The SMILES string of the molecule is CCOP(=O)(OCC)C(Nc1ncc(Cl)cc1Cl)c1ccsc1. The lowest BCUT2D eigenvalue weighted by atomic mass is 10.3. The number of hydrogen-bond donors (Lipinski definition) is 1. The van der Waals surface area contributed by atoms with Crippen LogP contribution in [0.2, 0.25) is 10.0 Å². The highest BCUT2D eigenvalue weighted by molar-refractivity contribution is 7.54. The Morgan fingerprint density at radius 1 is 1.35 bits per heavy atom. The maximum atomic E-state index is 13.2. The molecule has 2 heterocycles. The van der Waals surface area contributed by atoms with Gasteiger partial charge in [-0.15, -0.1) is 0 Å². The molecule has 1 unspecified atom stereocenters. The third-order valence-electron chi connectivity index (χ3n) is 2.87. The van der Waals surface area contributed by atoms with Gasteiger partial charge in [-0.25, -0.2) is 4.98 Å². The largest absolute Gasteiger partial charge is 0.357 e. The number of aromatic nitrogens is 1. The summed E-state index contributed by atoms with van der Waals surface area (Å²) in [7, 11) is -3.45. The molecule has 1 atom stereocenters. The number of nitrogens with one attached hydrogen (secondary N) is 1. The molecule has 1 N–H and O–H groups in total. The Hall–Kier alpha value is -0.620. The zero-order valence-corrected chi connectivity index (χ0v) is 15.9. The smallest absolute Gasteiger partial charge is 0.351 e. The summed E-state index contributed by atoms with van der Waals surface area (Å²) >= 11 is 13.5. The van der Waals surface area contributed by atoms with Gasteiger partial charge in [0.15, 0.2) is 5.78 Å². The average molecular weight is 395 g/mol. The zero-order valence-electron chi connectivity index (χ0n) is 12.7. The Bertz CT molecular complexity index is 675. The molecule has 0 aliphatic rings. The summed E-state index contributed by atoms with van der Waals surface area (Å²) in [4.78, 5) is 4.16. The number of rotatable bonds is 8. The summed E-state index contributed by atoms with van der Waals surface area (Å²) in [5.41, 5.74) is 0.785. The van der Waals surface area contributed by atoms with E-state index in [4.69, 9.17) is 32.2 Å². The summed E-state index contributed by atoms with van der Waals surface area (Å²) < 4.78 is 24.1. The van der Waals surface area contributed by atoms with Crippen LogP contribution in [0, 0.1) is 0 Å². The van der Waals surface area contributed by atoms with Crippen molar-refractivity contribution in [2.75, 3.05) is 18.5 Å². The first-order valence-electron chi connectivity index (χ1n) is 6.98. The van der Waals surface area contributed by atoms with E-state index in [1.54, 1.807) is 19.9 Å². The first-order valence-corrected chi connectivity index (χ1v) is 10.3. The van der Waals surface area contributed by atoms with E-state index in [-0.39, 0.29) is 13.2 Å². The van der Waals surface area contributed by atoms with Gasteiger partial charge in [0.1, 0.15) is 5.82 Å². The predicted octanol–water partition coefficient (Wildman–Crippen LogP) is 5.83. The molecular formula is C14H17Cl2N2O3PS. The first-order chi connectivity index (χ1) is 11.0. The van der Waals surface area contributed by atoms with Crippen LogP contribution in [0.5, 0.6) is 0 Å². The minimum atomic E-state index is -3.45. The van der Waals surface area contributed by atoms with Crippen molar-refractivity contribution in [2.45, 2.75) is 19.6 Å². The first kappa shape index (κ1) is 18.7. The highest BCUT2D eigenvalue weighted by Crippen LogP contribution is 2.61. The highest BCUT2D eigenvalue weighted by atomic mass is 35.5. The minimum Gasteiger partial charge on any atom is -0.351 e. The Morgan fingerprint density at radius 2 is 2.04 bits per heavy atom. The Balaban J connectivity index is 2.40. The quantitative estimate of drug-likeness (QED) is 0.570. The zero-order chi connectivity index (χ0) is 16.9. The minimum absolute atomic E-state index is 0.265. The lowest BCUT2D eigenvalue weighted by Gasteiger charge is -2.27. The van der Waals surface area contributed by atoms with E-state index in [9.17, 15) is 4.57 Å². The van der Waals surface area contributed by atoms with Crippen molar-refractivity contribution in [2.24, 2.45) is 0 Å². The second-order valence-corrected chi connectivity index (χ2v) is 8.20. The number of halogens is 2. The van der Waals surface area contributed by atoms with Crippen LogP contribution >= 0.6 is 42.1 Å². The van der Waals surface area contributed by atoms with E-state index in [0.29, 0.717) is 15.9 Å². The fourth-order valence-electron chi connectivity index (χ4n) is 1.97. The van der Waals surface area contributed by atoms with Crippen molar-refractivity contribution >= 4 is 48.0 Å². The molecule has 23 heavy (non-hydrogen) atoms. The van der Waals surface area contributed by atoms with Crippen LogP contribution in [0.3, 0.4) is 0 Å². The number of nitrogens with zero attached hydrogens (tertiary/aromatic N) is 1. The summed E-state index contributed by atoms with van der Waals surface area (Å²) in [6, 6.07) is 3.42. The second-order valence-electron chi connectivity index (χ2n) is 4.46. The van der Waals surface area contributed by atoms with Crippen molar-refractivity contribution in [1.82, 2.24) is 4.98 Å². The summed E-state index contributed by atoms with van der Waals surface area (Å²) in [6.45, 7) is 4.07. The molecule has 2 aromatic heterocycles. The molecule has 0 saturated heterocycles. The van der Waals surface area contributed by atoms with E-state index < -0.39 is 13.4 Å². The molecule has 2 aromatic rings. The van der Waals surface area contributed by atoms with E-state index in [1.807, 2.05) is 16.8 Å². The predicted molar refractivity (Wildman–Crippen MR) is 95.8 cm³/mol. The third-order valence-corrected chi connectivity index (χ3v) is 6.37. The van der Waals surface area contributed by atoms with Crippen molar-refractivity contribution < 1.29 is 13.6 Å². The van der Waals surface area contributed by atoms with Gasteiger partial charge in [0.2, 0.25) is 0 Å². The van der Waals surface area contributed by atoms with Gasteiger partial charge < -0.3 is 14.4 Å². The fraction of sp³-hybridized carbons (Fsp3) is 0.357. The van der Waals surface area contributed by atoms with Crippen LogP contribution in [0.25, 0.3) is 0 Å². The van der Waals surface area contributed by atoms with Crippen LogP contribution < -0.4 is 5.32 Å². The number of anilines is 1. The average Bonchev–Trinajstić information content (AvgIpc) is 3.00. The van der Waals surface area contributed by atoms with Crippen LogP contribution in [0.4, 0.5) is 5.82 Å². The summed E-state index contributed by atoms with van der Waals surface area (Å²) in [5.74, 6) is -0.341. The van der Waals surface area contributed by atoms with Gasteiger partial charge >= 0.3 is 7.60 Å². The van der Waals surface area contributed by atoms with Crippen LogP contribution in [0.1, 0.15) is 25.2 Å². The van der Waals surface area contributed by atoms with Crippen LogP contribution in [-0.4, -0.2) is 18.2 Å². The molecule has 0 aliphatic carbocycles. The van der Waals surface area contributed by atoms with E-state index in [1.165, 1.54) is 17.5 Å². The third kappa shape index (κ3) is 4.69. The summed E-state index contributed by atoms with van der Waals surface area (Å²) in [6.07, 6.45) is 1.47. The highest BCUT2D eigenvalue weighted by Gasteiger charge is 2.38. The fourth-order valence-corrected chi connectivity index (χ4v) is 5.09. The molecule has 2 rings (SSSR count). The molecular weight excluding hydrogens is 378 g/mol. The van der Waals surface area contributed by atoms with Gasteiger partial charge in [-0.2, -0.15) is 11.3 Å². The van der Waals surface area contributed by atoms with Gasteiger partial charge in [0.05, 0.1) is 23.3 Å². The number of thiophene rings is 1. The maximum absolute atomic E-state index is 13.2. The topological polar surface area (TPSA) is 60.5 Å². The van der Waals surface area contributed by atoms with Gasteiger partial charge in [-0.05, 0) is 42.3 Å². The van der Waals surface area contributed by atoms with E-state index >= 15 is 0 Å². The van der Waals surface area contributed by atoms with Crippen molar-refractivity contribution in [1.29, 1.82) is 0 Å². The molecule has 9 heteroatoms. The van der Waals surface area contributed by atoms with Crippen molar-refractivity contribution in [3.8, 4) is 0 Å². The lowest BCUT2D eigenvalue weighted by Crippen LogP contribution is -2.15. The van der Waals surface area contributed by atoms with Gasteiger partial charge in [-0.3, -0.25) is 4.57 Å². The molecule has 126 valence electrons. The van der Waals surface area contributed by atoms with E-state index in [0.717, 1.165) is 5.56 Å². The van der Waals surface area contributed by atoms with Crippen molar-refractivity contribution in [3.05, 3.63) is 44.7 Å². The monoisotopic (exact) mass is 394 g/mol. The maximum Gasteiger partial charge on any atom is 0.357 e. The Labute approximate surface area is 149 Å². The Kier molecular flexibility index (Phi) is 6.89. The number of hydrogen-bond acceptors (Lipinski definition) is 6. The number of pyridine rings is 1. The molecule has 0 aliphatic heterocycles. The Morgan fingerprint density at radius 3 is 2.57 bits per heavy atom. The van der Waals surface area contributed by atoms with Crippen LogP contribution in [0.15, 0.2) is 29.1 Å². The van der Waals surface area contributed by atoms with E-state index in [2.05, 4.69) is 10.3 Å². The molecule has 0 aromatic carbocycles. The van der Waals surface area contributed by atoms with Gasteiger partial charge in [-0.1, -0.05) is 23.2 Å². The second kappa shape index (κ2) is 8.47. The molecule has 0 spiro atoms. The normalized spacial score (nSPS) is 13.0. The molecule has 0 saturated carbocycles. The lowest BCUT2D eigenvalue weighted by molar-refractivity contribution is 0.214. The summed E-state index contributed by atoms with van der Waals surface area (Å²) in [5, 5.41) is 7.60. The molecule has 0 amide bonds. The molecule has 5 nitrogen and oxygen atoms in total. The molecule has 0 fully saturated rings. The molecule has 0 bridgehead atoms. The molecule has 0 radical (unpaired) electrons. The van der Waals surface area contributed by atoms with Crippen LogP contribution in [-0.2, 0) is 13.6 Å². The van der Waals surface area contributed by atoms with Gasteiger partial charge in [0, 0.05) is 6.20 Å². The van der Waals surface area contributed by atoms with Crippen molar-refractivity contribution in [3.63, 3.8) is 0 Å². The van der Waals surface area contributed by atoms with Gasteiger partial charge in [0.25, 0.3) is 0 Å².